The number of likely N-dealkylation sites (N-methyl/N-ethyl adjacent to an activating group) is 1. The Labute approximate surface area is 208 Å². The van der Waals surface area contributed by atoms with Crippen molar-refractivity contribution in [2.75, 3.05) is 30.5 Å². The van der Waals surface area contributed by atoms with E-state index in [0.29, 0.717) is 24.3 Å². The average Bonchev–Trinajstić information content (AvgIpc) is 2.85. The van der Waals surface area contributed by atoms with E-state index < -0.39 is 24.2 Å². The SMILES string of the molecule is C=N/N=C(\OCC(F)F)c1ccc(CN(c2ccccc2)S(=O)N2CC(C)N(CC)C(C)C2)nc1. The lowest BCUT2D eigenvalue weighted by Crippen LogP contribution is -2.58. The minimum atomic E-state index is -2.64. The second-order valence-corrected chi connectivity index (χ2v) is 9.68. The summed E-state index contributed by atoms with van der Waals surface area (Å²) in [5, 5.41) is 7.07. The minimum absolute atomic E-state index is 0.0837. The first-order valence-electron chi connectivity index (χ1n) is 11.5. The highest BCUT2D eigenvalue weighted by Gasteiger charge is 2.33. The number of hydrogen-bond acceptors (Lipinski definition) is 6. The number of ether oxygens (including phenoxy) is 1. The smallest absolute Gasteiger partial charge is 0.272 e. The van der Waals surface area contributed by atoms with Crippen molar-refractivity contribution in [3.63, 3.8) is 0 Å². The van der Waals surface area contributed by atoms with Gasteiger partial charge in [0.2, 0.25) is 5.90 Å². The standard InChI is InChI=1S/C24H32F2N6O2S/c1-5-31-18(2)14-30(15-19(31)3)35(33)32(22-9-7-6-8-10-22)16-21-12-11-20(13-28-21)24(29-27-4)34-17-23(25)26/h6-13,18-19,23H,4-5,14-17H2,1-3H3/b29-24-. The molecule has 3 rings (SSSR count). The quantitative estimate of drug-likeness (QED) is 0.280. The molecule has 0 aliphatic carbocycles. The van der Waals surface area contributed by atoms with Gasteiger partial charge in [0.15, 0.2) is 17.8 Å². The molecule has 3 unspecified atom stereocenters. The van der Waals surface area contributed by atoms with Gasteiger partial charge >= 0.3 is 0 Å². The van der Waals surface area contributed by atoms with Crippen LogP contribution in [-0.2, 0) is 22.5 Å². The number of nitrogens with zero attached hydrogens (tertiary/aromatic N) is 6. The predicted molar refractivity (Wildman–Crippen MR) is 136 cm³/mol. The first-order valence-corrected chi connectivity index (χ1v) is 12.6. The van der Waals surface area contributed by atoms with Crippen molar-refractivity contribution in [2.45, 2.75) is 45.8 Å². The Balaban J connectivity index is 1.81. The van der Waals surface area contributed by atoms with Crippen molar-refractivity contribution >= 4 is 29.5 Å². The molecule has 1 aromatic heterocycles. The Hall–Kier alpha value is -2.76. The first kappa shape index (κ1) is 26.8. The summed E-state index contributed by atoms with van der Waals surface area (Å²) in [4.78, 5) is 6.85. The lowest BCUT2D eigenvalue weighted by atomic mass is 10.1. The largest absolute Gasteiger partial charge is 0.470 e. The van der Waals surface area contributed by atoms with E-state index in [1.165, 1.54) is 6.20 Å². The summed E-state index contributed by atoms with van der Waals surface area (Å²) in [6.45, 7) is 11.5. The maximum absolute atomic E-state index is 13.8. The van der Waals surface area contributed by atoms with E-state index in [2.05, 4.69) is 47.6 Å². The Morgan fingerprint density at radius 2 is 1.91 bits per heavy atom. The van der Waals surface area contributed by atoms with Crippen molar-refractivity contribution in [1.82, 2.24) is 14.2 Å². The van der Waals surface area contributed by atoms with E-state index in [4.69, 9.17) is 4.74 Å². The molecule has 0 spiro atoms. The zero-order valence-electron chi connectivity index (χ0n) is 20.3. The molecule has 2 aromatic rings. The summed E-state index contributed by atoms with van der Waals surface area (Å²) in [5.41, 5.74) is 1.86. The van der Waals surface area contributed by atoms with E-state index in [1.807, 2.05) is 38.9 Å². The molecule has 35 heavy (non-hydrogen) atoms. The zero-order chi connectivity index (χ0) is 25.4. The summed E-state index contributed by atoms with van der Waals surface area (Å²) in [6, 6.07) is 13.5. The van der Waals surface area contributed by atoms with Crippen LogP contribution in [0, 0.1) is 0 Å². The van der Waals surface area contributed by atoms with Crippen LogP contribution in [0.2, 0.25) is 0 Å². The topological polar surface area (TPSA) is 73.6 Å². The number of hydrogen-bond donors (Lipinski definition) is 0. The van der Waals surface area contributed by atoms with Crippen molar-refractivity contribution in [1.29, 1.82) is 0 Å². The third kappa shape index (κ3) is 7.12. The summed E-state index contributed by atoms with van der Waals surface area (Å²) in [6.07, 6.45) is -1.17. The van der Waals surface area contributed by atoms with Crippen molar-refractivity contribution in [2.24, 2.45) is 10.2 Å². The number of piperazine rings is 1. The molecule has 8 nitrogen and oxygen atoms in total. The van der Waals surface area contributed by atoms with Crippen LogP contribution in [0.25, 0.3) is 0 Å². The van der Waals surface area contributed by atoms with Gasteiger partial charge in [-0.1, -0.05) is 25.1 Å². The molecule has 1 aliphatic rings. The molecular formula is C24H32F2N6O2S. The van der Waals surface area contributed by atoms with E-state index in [-0.39, 0.29) is 24.5 Å². The van der Waals surface area contributed by atoms with Gasteiger partial charge in [-0.15, -0.1) is 5.10 Å². The molecule has 0 radical (unpaired) electrons. The van der Waals surface area contributed by atoms with Crippen LogP contribution in [0.15, 0.2) is 58.9 Å². The normalized spacial score (nSPS) is 20.6. The average molecular weight is 507 g/mol. The third-order valence-electron chi connectivity index (χ3n) is 5.77. The number of aromatic nitrogens is 1. The molecule has 0 amide bonds. The number of anilines is 1. The van der Waals surface area contributed by atoms with Crippen LogP contribution in [0.1, 0.15) is 32.0 Å². The second kappa shape index (κ2) is 12.8. The lowest BCUT2D eigenvalue weighted by Gasteiger charge is -2.44. The van der Waals surface area contributed by atoms with Crippen LogP contribution < -0.4 is 4.31 Å². The molecule has 11 heteroatoms. The van der Waals surface area contributed by atoms with Gasteiger partial charge in [0.1, 0.15) is 0 Å². The van der Waals surface area contributed by atoms with Crippen LogP contribution in [0.5, 0.6) is 0 Å². The van der Waals surface area contributed by atoms with Crippen LogP contribution in [0.3, 0.4) is 0 Å². The molecule has 0 saturated carbocycles. The maximum atomic E-state index is 13.8. The number of pyridine rings is 1. The molecule has 1 aliphatic heterocycles. The van der Waals surface area contributed by atoms with E-state index in [1.54, 1.807) is 12.1 Å². The predicted octanol–water partition coefficient (Wildman–Crippen LogP) is 3.73. The molecule has 1 saturated heterocycles. The fourth-order valence-electron chi connectivity index (χ4n) is 4.20. The summed E-state index contributed by atoms with van der Waals surface area (Å²) in [7, 11) is 0. The third-order valence-corrected chi connectivity index (χ3v) is 7.23. The van der Waals surface area contributed by atoms with E-state index >= 15 is 0 Å². The number of rotatable bonds is 10. The fraction of sp³-hybridized carbons (Fsp3) is 0.458. The van der Waals surface area contributed by atoms with Crippen LogP contribution in [-0.4, -0.2) is 75.8 Å². The number of halogens is 2. The van der Waals surface area contributed by atoms with Crippen molar-refractivity contribution in [3.05, 3.63) is 59.9 Å². The highest BCUT2D eigenvalue weighted by atomic mass is 32.2. The lowest BCUT2D eigenvalue weighted by molar-refractivity contribution is 0.0765. The van der Waals surface area contributed by atoms with E-state index in [0.717, 1.165) is 12.2 Å². The fourth-order valence-corrected chi connectivity index (χ4v) is 5.71. The van der Waals surface area contributed by atoms with Gasteiger partial charge in [0, 0.05) is 38.1 Å². The Morgan fingerprint density at radius 1 is 1.23 bits per heavy atom. The zero-order valence-corrected chi connectivity index (χ0v) is 21.1. The van der Waals surface area contributed by atoms with Crippen molar-refractivity contribution in [3.8, 4) is 0 Å². The maximum Gasteiger partial charge on any atom is 0.272 e. The number of alkyl halides is 2. The molecule has 0 bridgehead atoms. The van der Waals surface area contributed by atoms with Crippen LogP contribution in [0.4, 0.5) is 14.5 Å². The Kier molecular flexibility index (Phi) is 9.82. The molecule has 0 N–H and O–H groups in total. The summed E-state index contributed by atoms with van der Waals surface area (Å²) < 4.78 is 47.7. The highest BCUT2D eigenvalue weighted by molar-refractivity contribution is 7.84. The molecule has 2 heterocycles. The molecule has 190 valence electrons. The molecule has 3 atom stereocenters. The Morgan fingerprint density at radius 3 is 2.46 bits per heavy atom. The summed E-state index contributed by atoms with van der Waals surface area (Å²) >= 11 is -1.43. The van der Waals surface area contributed by atoms with Gasteiger partial charge in [0.05, 0.1) is 23.5 Å². The molecular weight excluding hydrogens is 474 g/mol. The first-order chi connectivity index (χ1) is 16.8. The van der Waals surface area contributed by atoms with E-state index in [9.17, 15) is 13.0 Å². The molecule has 1 aromatic carbocycles. The van der Waals surface area contributed by atoms with Gasteiger partial charge in [0.25, 0.3) is 6.43 Å². The minimum Gasteiger partial charge on any atom is -0.470 e. The molecule has 1 fully saturated rings. The second-order valence-electron chi connectivity index (χ2n) is 8.27. The van der Waals surface area contributed by atoms with Crippen LogP contribution >= 0.6 is 0 Å². The van der Waals surface area contributed by atoms with Gasteiger partial charge < -0.3 is 4.74 Å². The monoisotopic (exact) mass is 506 g/mol. The summed E-state index contributed by atoms with van der Waals surface area (Å²) in [5.74, 6) is -0.0837. The van der Waals surface area contributed by atoms with Gasteiger partial charge in [-0.05, 0) is 44.7 Å². The van der Waals surface area contributed by atoms with Gasteiger partial charge in [-0.3, -0.25) is 14.2 Å². The highest BCUT2D eigenvalue weighted by Crippen LogP contribution is 2.24. The number of benzene rings is 1. The Bertz CT molecular complexity index is 997. The van der Waals surface area contributed by atoms with Crippen molar-refractivity contribution < 1.29 is 17.7 Å². The number of para-hydroxylation sites is 1. The van der Waals surface area contributed by atoms with Gasteiger partial charge in [-0.2, -0.15) is 5.10 Å². The van der Waals surface area contributed by atoms with Gasteiger partial charge in [-0.25, -0.2) is 17.3 Å².